The van der Waals surface area contributed by atoms with Gasteiger partial charge in [0.2, 0.25) is 0 Å². The second-order valence-electron chi connectivity index (χ2n) is 5.76. The van der Waals surface area contributed by atoms with E-state index in [0.29, 0.717) is 12.0 Å². The molecule has 0 bridgehead atoms. The third kappa shape index (κ3) is 6.46. The lowest BCUT2D eigenvalue weighted by Gasteiger charge is -2.29. The highest BCUT2D eigenvalue weighted by molar-refractivity contribution is 5.29. The highest BCUT2D eigenvalue weighted by Crippen LogP contribution is 2.19. The summed E-state index contributed by atoms with van der Waals surface area (Å²) in [6, 6.07) is 8.60. The van der Waals surface area contributed by atoms with Crippen molar-refractivity contribution >= 4 is 0 Å². The van der Waals surface area contributed by atoms with Crippen LogP contribution in [0, 0.1) is 5.92 Å². The number of likely N-dealkylation sites (N-methyl/N-ethyl adjacent to an activating group) is 1. The van der Waals surface area contributed by atoms with Crippen molar-refractivity contribution in [2.75, 3.05) is 47.5 Å². The molecule has 0 heterocycles. The third-order valence-corrected chi connectivity index (χ3v) is 3.54. The Balaban J connectivity index is 2.70. The molecule has 0 aliphatic rings. The number of nitrogens with zero attached hydrogens (tertiary/aromatic N) is 1. The number of benzene rings is 1. The fourth-order valence-electron chi connectivity index (χ4n) is 2.45. The maximum absolute atomic E-state index is 5.23. The molecule has 0 saturated carbocycles. The predicted molar refractivity (Wildman–Crippen MR) is 87.9 cm³/mol. The molecule has 0 radical (unpaired) electrons. The number of nitrogens with one attached hydrogen (secondary N) is 1. The Hall–Kier alpha value is -1.10. The van der Waals surface area contributed by atoms with Crippen molar-refractivity contribution < 1.29 is 9.47 Å². The van der Waals surface area contributed by atoms with Crippen LogP contribution in [0.15, 0.2) is 24.3 Å². The summed E-state index contributed by atoms with van der Waals surface area (Å²) < 4.78 is 10.4. The molecule has 1 N–H and O–H groups in total. The van der Waals surface area contributed by atoms with Gasteiger partial charge in [-0.3, -0.25) is 4.90 Å². The second kappa shape index (κ2) is 9.77. The highest BCUT2D eigenvalue weighted by atomic mass is 16.5. The van der Waals surface area contributed by atoms with Gasteiger partial charge < -0.3 is 14.8 Å². The molecular weight excluding hydrogens is 264 g/mol. The van der Waals surface area contributed by atoms with E-state index in [1.165, 1.54) is 5.56 Å². The minimum Gasteiger partial charge on any atom is -0.497 e. The molecule has 0 aliphatic carbocycles. The van der Waals surface area contributed by atoms with Gasteiger partial charge in [-0.15, -0.1) is 0 Å². The molecule has 1 unspecified atom stereocenters. The first-order valence-corrected chi connectivity index (χ1v) is 7.63. The molecule has 4 heteroatoms. The zero-order valence-corrected chi connectivity index (χ0v) is 14.1. The Labute approximate surface area is 129 Å². The van der Waals surface area contributed by atoms with Crippen molar-refractivity contribution in [1.82, 2.24) is 10.2 Å². The molecule has 0 saturated heterocycles. The molecule has 1 atom stereocenters. The van der Waals surface area contributed by atoms with E-state index in [-0.39, 0.29) is 0 Å². The van der Waals surface area contributed by atoms with Crippen LogP contribution in [0.2, 0.25) is 0 Å². The summed E-state index contributed by atoms with van der Waals surface area (Å²) in [5.74, 6) is 1.54. The van der Waals surface area contributed by atoms with Crippen LogP contribution in [0.1, 0.15) is 25.5 Å². The Bertz CT molecular complexity index is 379. The first-order valence-electron chi connectivity index (χ1n) is 7.63. The monoisotopic (exact) mass is 294 g/mol. The Kier molecular flexibility index (Phi) is 8.35. The van der Waals surface area contributed by atoms with Crippen LogP contribution in [-0.4, -0.2) is 52.4 Å². The molecule has 0 fully saturated rings. The molecule has 0 spiro atoms. The summed E-state index contributed by atoms with van der Waals surface area (Å²) >= 11 is 0. The maximum atomic E-state index is 5.23. The van der Waals surface area contributed by atoms with Gasteiger partial charge in [0.25, 0.3) is 0 Å². The van der Waals surface area contributed by atoms with E-state index in [2.05, 4.69) is 36.2 Å². The van der Waals surface area contributed by atoms with Crippen LogP contribution in [0.25, 0.3) is 0 Å². The molecule has 1 rings (SSSR count). The number of hydrogen-bond donors (Lipinski definition) is 1. The van der Waals surface area contributed by atoms with E-state index >= 15 is 0 Å². The molecule has 0 aromatic heterocycles. The normalized spacial score (nSPS) is 12.9. The number of hydrogen-bond acceptors (Lipinski definition) is 4. The standard InChI is InChI=1S/C17H30N2O2/c1-14(2)12-19(10-11-20-4)13-17(18-3)15-6-8-16(21-5)9-7-15/h6-9,14,17-18H,10-13H2,1-5H3. The second-order valence-corrected chi connectivity index (χ2v) is 5.76. The van der Waals surface area contributed by atoms with E-state index in [4.69, 9.17) is 9.47 Å². The van der Waals surface area contributed by atoms with Gasteiger partial charge >= 0.3 is 0 Å². The van der Waals surface area contributed by atoms with Gasteiger partial charge in [0.15, 0.2) is 0 Å². The van der Waals surface area contributed by atoms with Crippen molar-refractivity contribution in [3.8, 4) is 5.75 Å². The van der Waals surface area contributed by atoms with E-state index < -0.39 is 0 Å². The van der Waals surface area contributed by atoms with Crippen LogP contribution in [0.5, 0.6) is 5.75 Å². The summed E-state index contributed by atoms with van der Waals surface area (Å²) in [5.41, 5.74) is 1.28. The number of methoxy groups -OCH3 is 2. The quantitative estimate of drug-likeness (QED) is 0.719. The molecule has 0 amide bonds. The summed E-state index contributed by atoms with van der Waals surface area (Å²) in [4.78, 5) is 2.46. The van der Waals surface area contributed by atoms with Crippen molar-refractivity contribution in [2.24, 2.45) is 5.92 Å². The lowest BCUT2D eigenvalue weighted by molar-refractivity contribution is 0.133. The molecule has 1 aromatic rings. The van der Waals surface area contributed by atoms with Crippen molar-refractivity contribution in [3.05, 3.63) is 29.8 Å². The summed E-state index contributed by atoms with van der Waals surface area (Å²) in [6.45, 7) is 8.29. The van der Waals surface area contributed by atoms with Gasteiger partial charge in [-0.05, 0) is 30.7 Å². The lowest BCUT2D eigenvalue weighted by atomic mass is 10.1. The van der Waals surface area contributed by atoms with Gasteiger partial charge in [0.1, 0.15) is 5.75 Å². The fraction of sp³-hybridized carbons (Fsp3) is 0.647. The van der Waals surface area contributed by atoms with Gasteiger partial charge in [-0.2, -0.15) is 0 Å². The topological polar surface area (TPSA) is 33.7 Å². The highest BCUT2D eigenvalue weighted by Gasteiger charge is 2.15. The average Bonchev–Trinajstić information content (AvgIpc) is 2.49. The van der Waals surface area contributed by atoms with E-state index in [1.807, 2.05) is 19.2 Å². The number of rotatable bonds is 10. The Morgan fingerprint density at radius 2 is 1.76 bits per heavy atom. The zero-order chi connectivity index (χ0) is 15.7. The minimum atomic E-state index is 0.312. The molecule has 4 nitrogen and oxygen atoms in total. The van der Waals surface area contributed by atoms with Gasteiger partial charge in [0, 0.05) is 32.8 Å². The average molecular weight is 294 g/mol. The summed E-state index contributed by atoms with van der Waals surface area (Å²) in [5, 5.41) is 3.41. The van der Waals surface area contributed by atoms with Crippen LogP contribution in [-0.2, 0) is 4.74 Å². The van der Waals surface area contributed by atoms with Crippen LogP contribution >= 0.6 is 0 Å². The Morgan fingerprint density at radius 1 is 1.10 bits per heavy atom. The summed E-state index contributed by atoms with van der Waals surface area (Å²) in [6.07, 6.45) is 0. The van der Waals surface area contributed by atoms with E-state index in [9.17, 15) is 0 Å². The third-order valence-electron chi connectivity index (χ3n) is 3.54. The Morgan fingerprint density at radius 3 is 2.24 bits per heavy atom. The van der Waals surface area contributed by atoms with Crippen LogP contribution < -0.4 is 10.1 Å². The van der Waals surface area contributed by atoms with E-state index in [0.717, 1.165) is 32.0 Å². The SMILES string of the molecule is CNC(CN(CCOC)CC(C)C)c1ccc(OC)cc1. The minimum absolute atomic E-state index is 0.312. The first-order chi connectivity index (χ1) is 10.1. The lowest BCUT2D eigenvalue weighted by Crippen LogP contribution is -2.38. The van der Waals surface area contributed by atoms with Gasteiger partial charge in [-0.1, -0.05) is 26.0 Å². The first kappa shape index (κ1) is 18.0. The zero-order valence-electron chi connectivity index (χ0n) is 14.1. The molecule has 120 valence electrons. The predicted octanol–water partition coefficient (Wildman–Crippen LogP) is 2.56. The van der Waals surface area contributed by atoms with Crippen LogP contribution in [0.4, 0.5) is 0 Å². The maximum Gasteiger partial charge on any atom is 0.118 e. The smallest absolute Gasteiger partial charge is 0.118 e. The largest absolute Gasteiger partial charge is 0.497 e. The van der Waals surface area contributed by atoms with Crippen molar-refractivity contribution in [1.29, 1.82) is 0 Å². The van der Waals surface area contributed by atoms with Gasteiger partial charge in [-0.25, -0.2) is 0 Å². The van der Waals surface area contributed by atoms with E-state index in [1.54, 1.807) is 14.2 Å². The van der Waals surface area contributed by atoms with Crippen molar-refractivity contribution in [3.63, 3.8) is 0 Å². The van der Waals surface area contributed by atoms with Crippen molar-refractivity contribution in [2.45, 2.75) is 19.9 Å². The molecule has 21 heavy (non-hydrogen) atoms. The van der Waals surface area contributed by atoms with Crippen LogP contribution in [0.3, 0.4) is 0 Å². The molecule has 0 aliphatic heterocycles. The molecule has 1 aromatic carbocycles. The molecular formula is C17H30N2O2. The number of ether oxygens (including phenoxy) is 2. The fourth-order valence-corrected chi connectivity index (χ4v) is 2.45. The summed E-state index contributed by atoms with van der Waals surface area (Å²) in [7, 11) is 5.46. The van der Waals surface area contributed by atoms with Gasteiger partial charge in [0.05, 0.1) is 13.7 Å².